The topological polar surface area (TPSA) is 71.3 Å². The maximum absolute atomic E-state index is 11.9. The Balaban J connectivity index is 2.47. The third-order valence-corrected chi connectivity index (χ3v) is 3.59. The van der Waals surface area contributed by atoms with Crippen LogP contribution in [0.5, 0.6) is 0 Å². The molecule has 0 spiro atoms. The molecule has 0 aliphatic carbocycles. The Morgan fingerprint density at radius 1 is 1.44 bits per heavy atom. The van der Waals surface area contributed by atoms with Gasteiger partial charge >= 0.3 is 6.09 Å². The number of rotatable bonds is 0. The Hall–Kier alpha value is -1.82. The lowest BCUT2D eigenvalue weighted by Gasteiger charge is -2.14. The standard InChI is InChI=1S/C12H9BrN2O3/c13-6-1-2-9-8(5-6)7-3-4-14-11(16)10(7)15(9)12(17)18/h1-2,5H,3-4H2,(H,14,16)(H,17,18). The fraction of sp³-hybridized carbons (Fsp3) is 0.167. The summed E-state index contributed by atoms with van der Waals surface area (Å²) in [5, 5.41) is 12.8. The number of benzene rings is 1. The van der Waals surface area contributed by atoms with Gasteiger partial charge in [-0.3, -0.25) is 4.79 Å². The molecule has 1 aliphatic heterocycles. The van der Waals surface area contributed by atoms with Crippen molar-refractivity contribution in [2.45, 2.75) is 6.42 Å². The Morgan fingerprint density at radius 2 is 2.22 bits per heavy atom. The minimum absolute atomic E-state index is 0.238. The van der Waals surface area contributed by atoms with Crippen LogP contribution in [0.15, 0.2) is 22.7 Å². The predicted octanol–water partition coefficient (Wildman–Crippen LogP) is 2.22. The Labute approximate surface area is 111 Å². The van der Waals surface area contributed by atoms with E-state index in [0.717, 1.165) is 20.0 Å². The second-order valence-electron chi connectivity index (χ2n) is 4.11. The van der Waals surface area contributed by atoms with Crippen molar-refractivity contribution in [3.63, 3.8) is 0 Å². The van der Waals surface area contributed by atoms with E-state index in [1.165, 1.54) is 0 Å². The summed E-state index contributed by atoms with van der Waals surface area (Å²) < 4.78 is 1.93. The zero-order valence-corrected chi connectivity index (χ0v) is 10.8. The molecular formula is C12H9BrN2O3. The fourth-order valence-electron chi connectivity index (χ4n) is 2.40. The van der Waals surface area contributed by atoms with Crippen molar-refractivity contribution in [3.8, 4) is 0 Å². The first-order valence-electron chi connectivity index (χ1n) is 5.44. The maximum atomic E-state index is 11.9. The molecule has 1 amide bonds. The highest BCUT2D eigenvalue weighted by Crippen LogP contribution is 2.30. The van der Waals surface area contributed by atoms with Crippen LogP contribution in [0.2, 0.25) is 0 Å². The summed E-state index contributed by atoms with van der Waals surface area (Å²) >= 11 is 3.36. The highest BCUT2D eigenvalue weighted by molar-refractivity contribution is 9.10. The molecule has 2 N–H and O–H groups in total. The van der Waals surface area contributed by atoms with E-state index >= 15 is 0 Å². The second-order valence-corrected chi connectivity index (χ2v) is 5.03. The average molecular weight is 309 g/mol. The van der Waals surface area contributed by atoms with Crippen LogP contribution < -0.4 is 5.32 Å². The molecule has 0 bridgehead atoms. The minimum Gasteiger partial charge on any atom is -0.464 e. The summed E-state index contributed by atoms with van der Waals surface area (Å²) in [5.74, 6) is -0.328. The van der Waals surface area contributed by atoms with Crippen molar-refractivity contribution in [2.75, 3.05) is 6.54 Å². The molecular weight excluding hydrogens is 300 g/mol. The Morgan fingerprint density at radius 3 is 2.94 bits per heavy atom. The molecule has 0 atom stereocenters. The molecule has 1 aromatic heterocycles. The van der Waals surface area contributed by atoms with Crippen LogP contribution in [0.25, 0.3) is 10.9 Å². The largest absolute Gasteiger partial charge is 0.464 e. The number of halogens is 1. The molecule has 5 nitrogen and oxygen atoms in total. The summed E-state index contributed by atoms with van der Waals surface area (Å²) in [7, 11) is 0. The third-order valence-electron chi connectivity index (χ3n) is 3.10. The van der Waals surface area contributed by atoms with Gasteiger partial charge in [-0.2, -0.15) is 0 Å². The first kappa shape index (κ1) is 11.3. The van der Waals surface area contributed by atoms with Crippen molar-refractivity contribution < 1.29 is 14.7 Å². The highest BCUT2D eigenvalue weighted by atomic mass is 79.9. The van der Waals surface area contributed by atoms with E-state index in [2.05, 4.69) is 21.2 Å². The molecule has 1 aliphatic rings. The number of carbonyl (C=O) groups is 2. The number of carbonyl (C=O) groups excluding carboxylic acids is 1. The van der Waals surface area contributed by atoms with E-state index in [1.54, 1.807) is 12.1 Å². The summed E-state index contributed by atoms with van der Waals surface area (Å²) in [4.78, 5) is 23.2. The van der Waals surface area contributed by atoms with Crippen molar-refractivity contribution in [3.05, 3.63) is 33.9 Å². The average Bonchev–Trinajstić information content (AvgIpc) is 2.65. The number of hydrogen-bond donors (Lipinski definition) is 2. The quantitative estimate of drug-likeness (QED) is 0.784. The number of hydrogen-bond acceptors (Lipinski definition) is 2. The number of nitrogens with one attached hydrogen (secondary N) is 1. The van der Waals surface area contributed by atoms with E-state index < -0.39 is 6.09 Å². The summed E-state index contributed by atoms with van der Waals surface area (Å²) in [6.07, 6.45) is -0.491. The molecule has 6 heteroatoms. The molecule has 2 aromatic rings. The van der Waals surface area contributed by atoms with Crippen LogP contribution in [-0.4, -0.2) is 28.2 Å². The molecule has 3 rings (SSSR count). The van der Waals surface area contributed by atoms with Gasteiger partial charge in [0.15, 0.2) is 0 Å². The normalized spacial score (nSPS) is 14.4. The van der Waals surface area contributed by atoms with Crippen LogP contribution in [0.3, 0.4) is 0 Å². The molecule has 0 radical (unpaired) electrons. The third kappa shape index (κ3) is 1.45. The summed E-state index contributed by atoms with van der Waals surface area (Å²) in [6, 6.07) is 5.33. The van der Waals surface area contributed by atoms with Crippen molar-refractivity contribution in [2.24, 2.45) is 0 Å². The maximum Gasteiger partial charge on any atom is 0.416 e. The number of aromatic nitrogens is 1. The van der Waals surface area contributed by atoms with Crippen molar-refractivity contribution in [1.82, 2.24) is 9.88 Å². The van der Waals surface area contributed by atoms with Gasteiger partial charge in [-0.25, -0.2) is 9.36 Å². The van der Waals surface area contributed by atoms with Crippen molar-refractivity contribution >= 4 is 38.8 Å². The molecule has 0 fully saturated rings. The fourth-order valence-corrected chi connectivity index (χ4v) is 2.76. The van der Waals surface area contributed by atoms with Gasteiger partial charge < -0.3 is 10.4 Å². The van der Waals surface area contributed by atoms with E-state index in [4.69, 9.17) is 0 Å². The molecule has 1 aromatic carbocycles. The lowest BCUT2D eigenvalue weighted by Crippen LogP contribution is -2.34. The van der Waals surface area contributed by atoms with Gasteiger partial charge in [-0.15, -0.1) is 0 Å². The molecule has 0 saturated carbocycles. The number of carboxylic acid groups (broad SMARTS) is 1. The molecule has 0 unspecified atom stereocenters. The monoisotopic (exact) mass is 308 g/mol. The van der Waals surface area contributed by atoms with Gasteiger partial charge in [0.05, 0.1) is 5.52 Å². The lowest BCUT2D eigenvalue weighted by atomic mass is 10.0. The van der Waals surface area contributed by atoms with Crippen LogP contribution >= 0.6 is 15.9 Å². The van der Waals surface area contributed by atoms with Gasteiger partial charge in [0, 0.05) is 16.4 Å². The first-order valence-corrected chi connectivity index (χ1v) is 6.23. The molecule has 2 heterocycles. The number of fused-ring (bicyclic) bond motifs is 3. The number of amides is 1. The van der Waals surface area contributed by atoms with Crippen LogP contribution in [0, 0.1) is 0 Å². The van der Waals surface area contributed by atoms with E-state index in [1.807, 2.05) is 6.07 Å². The highest BCUT2D eigenvalue weighted by Gasteiger charge is 2.28. The molecule has 18 heavy (non-hydrogen) atoms. The first-order chi connectivity index (χ1) is 8.59. The van der Waals surface area contributed by atoms with Crippen LogP contribution in [0.1, 0.15) is 16.1 Å². The molecule has 92 valence electrons. The SMILES string of the molecule is O=C1NCCc2c1n(C(=O)O)c1ccc(Br)cc21. The molecule has 0 saturated heterocycles. The van der Waals surface area contributed by atoms with Crippen molar-refractivity contribution in [1.29, 1.82) is 0 Å². The number of nitrogens with zero attached hydrogens (tertiary/aromatic N) is 1. The van der Waals surface area contributed by atoms with Gasteiger partial charge in [0.1, 0.15) is 5.69 Å². The minimum atomic E-state index is -1.14. The smallest absolute Gasteiger partial charge is 0.416 e. The van der Waals surface area contributed by atoms with Crippen LogP contribution in [0.4, 0.5) is 4.79 Å². The van der Waals surface area contributed by atoms with E-state index in [-0.39, 0.29) is 11.6 Å². The Bertz CT molecular complexity index is 690. The van der Waals surface area contributed by atoms with E-state index in [0.29, 0.717) is 18.5 Å². The summed E-state index contributed by atoms with van der Waals surface area (Å²) in [6.45, 7) is 0.539. The van der Waals surface area contributed by atoms with Gasteiger partial charge in [-0.05, 0) is 30.2 Å². The van der Waals surface area contributed by atoms with Gasteiger partial charge in [-0.1, -0.05) is 15.9 Å². The van der Waals surface area contributed by atoms with Gasteiger partial charge in [0.25, 0.3) is 5.91 Å². The summed E-state index contributed by atoms with van der Waals surface area (Å²) in [5.41, 5.74) is 1.59. The van der Waals surface area contributed by atoms with E-state index in [9.17, 15) is 14.7 Å². The van der Waals surface area contributed by atoms with Crippen LogP contribution in [-0.2, 0) is 6.42 Å². The predicted molar refractivity (Wildman–Crippen MR) is 69.1 cm³/mol. The van der Waals surface area contributed by atoms with Gasteiger partial charge in [0.2, 0.25) is 0 Å². The zero-order chi connectivity index (χ0) is 12.9. The Kier molecular flexibility index (Phi) is 2.41. The lowest BCUT2D eigenvalue weighted by molar-refractivity contribution is 0.0935. The zero-order valence-electron chi connectivity index (χ0n) is 9.24. The second kappa shape index (κ2) is 3.84.